The molecule has 3 aromatic carbocycles. The van der Waals surface area contributed by atoms with E-state index in [1.807, 2.05) is 73.7 Å². The number of nitrogens with zero attached hydrogens (tertiary/aromatic N) is 2. The van der Waals surface area contributed by atoms with Crippen molar-refractivity contribution in [1.29, 1.82) is 0 Å². The van der Waals surface area contributed by atoms with Gasteiger partial charge in [-0.15, -0.1) is 5.10 Å². The fourth-order valence-corrected chi connectivity index (χ4v) is 3.48. The van der Waals surface area contributed by atoms with Crippen LogP contribution in [-0.2, 0) is 11.4 Å². The van der Waals surface area contributed by atoms with Gasteiger partial charge in [0.2, 0.25) is 11.1 Å². The van der Waals surface area contributed by atoms with Gasteiger partial charge in [-0.3, -0.25) is 9.89 Å². The van der Waals surface area contributed by atoms with Crippen LogP contribution in [0.15, 0.2) is 71.9 Å². The number of thioether (sulfide) groups is 1. The van der Waals surface area contributed by atoms with E-state index in [1.54, 1.807) is 0 Å². The lowest BCUT2D eigenvalue weighted by molar-refractivity contribution is -0.113. The Bertz CT molecular complexity index is 1140. The number of aryl methyl sites for hydroxylation is 1. The fraction of sp³-hybridized carbons (Fsp3) is 0.136. The highest BCUT2D eigenvalue weighted by atomic mass is 32.2. The summed E-state index contributed by atoms with van der Waals surface area (Å²) < 4.78 is 5.70. The Morgan fingerprint density at radius 3 is 2.79 bits per heavy atom. The van der Waals surface area contributed by atoms with Crippen LogP contribution < -0.4 is 10.1 Å². The summed E-state index contributed by atoms with van der Waals surface area (Å²) in [6, 6.07) is 21.7. The summed E-state index contributed by atoms with van der Waals surface area (Å²) in [5.74, 6) is 1.52. The van der Waals surface area contributed by atoms with E-state index in [0.717, 1.165) is 27.8 Å². The second kappa shape index (κ2) is 8.79. The number of nitrogens with one attached hydrogen (secondary N) is 2. The van der Waals surface area contributed by atoms with Crippen LogP contribution in [0, 0.1) is 6.92 Å². The zero-order valence-electron chi connectivity index (χ0n) is 15.9. The van der Waals surface area contributed by atoms with E-state index in [9.17, 15) is 4.79 Å². The average molecular weight is 404 g/mol. The van der Waals surface area contributed by atoms with Crippen molar-refractivity contribution in [3.8, 4) is 5.75 Å². The molecule has 0 fully saturated rings. The van der Waals surface area contributed by atoms with E-state index < -0.39 is 0 Å². The van der Waals surface area contributed by atoms with Gasteiger partial charge in [0.05, 0.1) is 5.75 Å². The monoisotopic (exact) mass is 404 g/mol. The summed E-state index contributed by atoms with van der Waals surface area (Å²) in [4.78, 5) is 16.6. The molecule has 0 aliphatic rings. The van der Waals surface area contributed by atoms with Crippen molar-refractivity contribution in [3.05, 3.63) is 78.1 Å². The third-order valence-corrected chi connectivity index (χ3v) is 5.09. The Kier molecular flexibility index (Phi) is 5.76. The molecule has 0 unspecified atom stereocenters. The molecule has 0 radical (unpaired) electrons. The number of aromatic amines is 1. The number of H-pyrrole nitrogens is 1. The Morgan fingerprint density at radius 2 is 1.93 bits per heavy atom. The second-order valence-electron chi connectivity index (χ2n) is 6.57. The summed E-state index contributed by atoms with van der Waals surface area (Å²) in [5, 5.41) is 12.6. The number of fused-ring (bicyclic) bond motifs is 1. The number of aromatic nitrogens is 3. The summed E-state index contributed by atoms with van der Waals surface area (Å²) in [5.41, 5.74) is 1.91. The second-order valence-corrected chi connectivity index (χ2v) is 7.51. The lowest BCUT2D eigenvalue weighted by atomic mass is 10.1. The third-order valence-electron chi connectivity index (χ3n) is 4.24. The van der Waals surface area contributed by atoms with Crippen LogP contribution in [0.4, 0.5) is 5.69 Å². The third kappa shape index (κ3) is 5.14. The van der Waals surface area contributed by atoms with Crippen LogP contribution in [0.5, 0.6) is 5.75 Å². The number of benzene rings is 3. The highest BCUT2D eigenvalue weighted by Gasteiger charge is 2.09. The number of hydrogen-bond donors (Lipinski definition) is 2. The maximum absolute atomic E-state index is 12.2. The van der Waals surface area contributed by atoms with Gasteiger partial charge < -0.3 is 10.1 Å². The quantitative estimate of drug-likeness (QED) is 0.441. The molecule has 7 heteroatoms. The van der Waals surface area contributed by atoms with E-state index >= 15 is 0 Å². The standard InChI is InChI=1S/C22H20N4O2S/c1-15-5-4-8-19(11-15)28-13-20-24-22(26-25-20)29-14-21(27)23-18-10-9-16-6-2-3-7-17(16)12-18/h2-12H,13-14H2,1H3,(H,23,27)(H,24,25,26). The van der Waals surface area contributed by atoms with Gasteiger partial charge in [0.25, 0.3) is 0 Å². The Hall–Kier alpha value is -3.32. The highest BCUT2D eigenvalue weighted by molar-refractivity contribution is 7.99. The molecular formula is C22H20N4O2S. The highest BCUT2D eigenvalue weighted by Crippen LogP contribution is 2.20. The van der Waals surface area contributed by atoms with E-state index in [2.05, 4.69) is 20.5 Å². The van der Waals surface area contributed by atoms with Crippen LogP contribution in [0.1, 0.15) is 11.4 Å². The molecule has 2 N–H and O–H groups in total. The maximum atomic E-state index is 12.2. The molecule has 0 aliphatic carbocycles. The van der Waals surface area contributed by atoms with Crippen LogP contribution >= 0.6 is 11.8 Å². The van der Waals surface area contributed by atoms with Crippen molar-refractivity contribution < 1.29 is 9.53 Å². The molecule has 4 aromatic rings. The Balaban J connectivity index is 1.28. The molecule has 1 heterocycles. The fourth-order valence-electron chi connectivity index (χ4n) is 2.86. The first-order valence-corrected chi connectivity index (χ1v) is 10.2. The van der Waals surface area contributed by atoms with Crippen molar-refractivity contribution in [2.45, 2.75) is 18.7 Å². The molecule has 146 valence electrons. The van der Waals surface area contributed by atoms with Crippen molar-refractivity contribution >= 4 is 34.1 Å². The number of anilines is 1. The van der Waals surface area contributed by atoms with Crippen molar-refractivity contribution in [2.24, 2.45) is 0 Å². The average Bonchev–Trinajstić information content (AvgIpc) is 3.19. The van der Waals surface area contributed by atoms with Gasteiger partial charge in [0.15, 0.2) is 5.82 Å². The molecule has 0 bridgehead atoms. The summed E-state index contributed by atoms with van der Waals surface area (Å²) >= 11 is 1.28. The SMILES string of the molecule is Cc1cccc(OCc2nc(SCC(=O)Nc3ccc4ccccc4c3)n[nH]2)c1. The zero-order chi connectivity index (χ0) is 20.1. The lowest BCUT2D eigenvalue weighted by Gasteiger charge is -2.05. The minimum absolute atomic E-state index is 0.104. The molecule has 0 saturated heterocycles. The molecule has 0 saturated carbocycles. The molecular weight excluding hydrogens is 384 g/mol. The summed E-state index contributed by atoms with van der Waals surface area (Å²) in [6.07, 6.45) is 0. The molecule has 1 amide bonds. The van der Waals surface area contributed by atoms with Crippen LogP contribution in [-0.4, -0.2) is 26.8 Å². The molecule has 6 nitrogen and oxygen atoms in total. The predicted octanol–water partition coefficient (Wildman–Crippen LogP) is 4.58. The maximum Gasteiger partial charge on any atom is 0.234 e. The topological polar surface area (TPSA) is 79.9 Å². The lowest BCUT2D eigenvalue weighted by Crippen LogP contribution is -2.14. The summed E-state index contributed by atoms with van der Waals surface area (Å²) in [7, 11) is 0. The molecule has 0 atom stereocenters. The van der Waals surface area contributed by atoms with Gasteiger partial charge >= 0.3 is 0 Å². The van der Waals surface area contributed by atoms with Gasteiger partial charge in [-0.1, -0.05) is 54.2 Å². The van der Waals surface area contributed by atoms with Gasteiger partial charge in [-0.25, -0.2) is 4.98 Å². The Morgan fingerprint density at radius 1 is 1.07 bits per heavy atom. The van der Waals surface area contributed by atoms with E-state index in [4.69, 9.17) is 4.74 Å². The number of hydrogen-bond acceptors (Lipinski definition) is 5. The van der Waals surface area contributed by atoms with Gasteiger partial charge in [-0.05, 0) is 47.5 Å². The number of carbonyl (C=O) groups excluding carboxylic acids is 1. The van der Waals surface area contributed by atoms with E-state index in [-0.39, 0.29) is 11.7 Å². The smallest absolute Gasteiger partial charge is 0.234 e. The van der Waals surface area contributed by atoms with Crippen molar-refractivity contribution in [3.63, 3.8) is 0 Å². The van der Waals surface area contributed by atoms with Crippen molar-refractivity contribution in [1.82, 2.24) is 15.2 Å². The zero-order valence-corrected chi connectivity index (χ0v) is 16.7. The van der Waals surface area contributed by atoms with Gasteiger partial charge in [0.1, 0.15) is 12.4 Å². The number of carbonyl (C=O) groups is 1. The molecule has 29 heavy (non-hydrogen) atoms. The van der Waals surface area contributed by atoms with Gasteiger partial charge in [-0.2, -0.15) is 0 Å². The molecule has 4 rings (SSSR count). The largest absolute Gasteiger partial charge is 0.486 e. The first kappa shape index (κ1) is 19.0. The summed E-state index contributed by atoms with van der Waals surface area (Å²) in [6.45, 7) is 2.30. The first-order valence-electron chi connectivity index (χ1n) is 9.18. The predicted molar refractivity (Wildman–Crippen MR) is 115 cm³/mol. The minimum atomic E-state index is -0.104. The van der Waals surface area contributed by atoms with Crippen LogP contribution in [0.3, 0.4) is 0 Å². The number of amides is 1. The first-order chi connectivity index (χ1) is 14.2. The minimum Gasteiger partial charge on any atom is -0.486 e. The molecule has 0 aliphatic heterocycles. The van der Waals surface area contributed by atoms with E-state index in [0.29, 0.717) is 17.6 Å². The van der Waals surface area contributed by atoms with Crippen LogP contribution in [0.25, 0.3) is 10.8 Å². The van der Waals surface area contributed by atoms with Crippen LogP contribution in [0.2, 0.25) is 0 Å². The number of rotatable bonds is 7. The van der Waals surface area contributed by atoms with E-state index in [1.165, 1.54) is 11.8 Å². The normalized spacial score (nSPS) is 10.8. The Labute approximate surface area is 172 Å². The molecule has 1 aromatic heterocycles. The number of ether oxygens (including phenoxy) is 1. The van der Waals surface area contributed by atoms with Crippen molar-refractivity contribution in [2.75, 3.05) is 11.1 Å². The molecule has 0 spiro atoms. The van der Waals surface area contributed by atoms with Gasteiger partial charge in [0, 0.05) is 5.69 Å².